The van der Waals surface area contributed by atoms with Crippen LogP contribution in [0.25, 0.3) is 5.69 Å². The number of carbonyl (C=O) groups is 1. The van der Waals surface area contributed by atoms with Crippen LogP contribution in [0.1, 0.15) is 12.8 Å². The molecule has 0 radical (unpaired) electrons. The van der Waals surface area contributed by atoms with Crippen LogP contribution in [0.15, 0.2) is 48.8 Å². The summed E-state index contributed by atoms with van der Waals surface area (Å²) in [4.78, 5) is 21.7. The van der Waals surface area contributed by atoms with Crippen LogP contribution < -0.4 is 15.5 Å². The Morgan fingerprint density at radius 3 is 2.35 bits per heavy atom. The van der Waals surface area contributed by atoms with Crippen LogP contribution in [0.3, 0.4) is 0 Å². The van der Waals surface area contributed by atoms with Crippen LogP contribution >= 0.6 is 11.6 Å². The van der Waals surface area contributed by atoms with E-state index in [9.17, 15) is 4.79 Å². The van der Waals surface area contributed by atoms with Gasteiger partial charge in [0.2, 0.25) is 0 Å². The third-order valence-corrected chi connectivity index (χ3v) is 6.46. The minimum absolute atomic E-state index is 0.326. The van der Waals surface area contributed by atoms with Gasteiger partial charge in [0.15, 0.2) is 5.82 Å². The number of carbonyl (C=O) groups excluding carboxylic acids is 1. The fourth-order valence-corrected chi connectivity index (χ4v) is 4.51. The highest BCUT2D eigenvalue weighted by Crippen LogP contribution is 2.23. The standard InChI is InChI=1S/C23H27ClN8O2/c24-17-1-3-19(4-2-17)32-16-22(28-29-32)27-23(33)26-21-6-5-20(15-25-21)30-9-7-18(8-10-30)31-11-13-34-14-12-31/h1-6,15-16,18H,7-14H2,(H2,25,26,27,33). The number of ether oxygens (including phenoxy) is 1. The summed E-state index contributed by atoms with van der Waals surface area (Å²) in [5.74, 6) is 0.793. The van der Waals surface area contributed by atoms with Crippen molar-refractivity contribution >= 4 is 35.0 Å². The summed E-state index contributed by atoms with van der Waals surface area (Å²) in [6.45, 7) is 5.75. The molecule has 0 atom stereocenters. The first kappa shape index (κ1) is 22.6. The second-order valence-corrected chi connectivity index (χ2v) is 8.81. The van der Waals surface area contributed by atoms with Gasteiger partial charge in [0, 0.05) is 37.2 Å². The van der Waals surface area contributed by atoms with E-state index in [0.717, 1.165) is 63.6 Å². The van der Waals surface area contributed by atoms with Crippen molar-refractivity contribution < 1.29 is 9.53 Å². The number of hydrogen-bond acceptors (Lipinski definition) is 7. The summed E-state index contributed by atoms with van der Waals surface area (Å²) >= 11 is 5.91. The normalized spacial score (nSPS) is 17.5. The lowest BCUT2D eigenvalue weighted by Crippen LogP contribution is -2.49. The molecule has 0 saturated carbocycles. The van der Waals surface area contributed by atoms with Crippen molar-refractivity contribution in [3.05, 3.63) is 53.8 Å². The zero-order valence-corrected chi connectivity index (χ0v) is 19.5. The van der Waals surface area contributed by atoms with Crippen molar-refractivity contribution in [2.75, 3.05) is 54.9 Å². The number of piperidine rings is 1. The first-order chi connectivity index (χ1) is 16.6. The molecule has 178 valence electrons. The van der Waals surface area contributed by atoms with Crippen LogP contribution in [-0.2, 0) is 4.74 Å². The second-order valence-electron chi connectivity index (χ2n) is 8.37. The number of benzene rings is 1. The van der Waals surface area contributed by atoms with Crippen molar-refractivity contribution in [1.82, 2.24) is 24.9 Å². The van der Waals surface area contributed by atoms with Gasteiger partial charge in [-0.2, -0.15) is 0 Å². The predicted octanol–water partition coefficient (Wildman–Crippen LogP) is 3.26. The van der Waals surface area contributed by atoms with Crippen molar-refractivity contribution in [3.63, 3.8) is 0 Å². The number of nitrogens with zero attached hydrogens (tertiary/aromatic N) is 6. The van der Waals surface area contributed by atoms with Gasteiger partial charge in [0.25, 0.3) is 0 Å². The highest BCUT2D eigenvalue weighted by molar-refractivity contribution is 6.30. The minimum Gasteiger partial charge on any atom is -0.379 e. The summed E-state index contributed by atoms with van der Waals surface area (Å²) in [7, 11) is 0. The van der Waals surface area contributed by atoms with Gasteiger partial charge >= 0.3 is 6.03 Å². The minimum atomic E-state index is -0.435. The predicted molar refractivity (Wildman–Crippen MR) is 131 cm³/mol. The summed E-state index contributed by atoms with van der Waals surface area (Å²) in [6, 6.07) is 11.2. The maximum absolute atomic E-state index is 12.4. The Hall–Kier alpha value is -3.21. The van der Waals surface area contributed by atoms with E-state index >= 15 is 0 Å². The van der Waals surface area contributed by atoms with Crippen molar-refractivity contribution in [2.45, 2.75) is 18.9 Å². The van der Waals surface area contributed by atoms with Gasteiger partial charge in [0.05, 0.1) is 37.0 Å². The highest BCUT2D eigenvalue weighted by atomic mass is 35.5. The third-order valence-electron chi connectivity index (χ3n) is 6.21. The lowest BCUT2D eigenvalue weighted by Gasteiger charge is -2.40. The Labute approximate surface area is 202 Å². The van der Waals surface area contributed by atoms with Crippen molar-refractivity contribution in [3.8, 4) is 5.69 Å². The smallest absolute Gasteiger partial charge is 0.326 e. The molecule has 2 aromatic heterocycles. The number of aromatic nitrogens is 4. The Morgan fingerprint density at radius 2 is 1.65 bits per heavy atom. The molecule has 2 fully saturated rings. The number of urea groups is 1. The maximum atomic E-state index is 12.4. The van der Waals surface area contributed by atoms with Crippen LogP contribution in [0.2, 0.25) is 5.02 Å². The molecule has 3 aromatic rings. The maximum Gasteiger partial charge on any atom is 0.326 e. The molecule has 34 heavy (non-hydrogen) atoms. The van der Waals surface area contributed by atoms with E-state index in [2.05, 4.69) is 35.7 Å². The van der Waals surface area contributed by atoms with E-state index in [1.54, 1.807) is 23.0 Å². The van der Waals surface area contributed by atoms with E-state index in [1.165, 1.54) is 0 Å². The Kier molecular flexibility index (Phi) is 6.89. The monoisotopic (exact) mass is 482 g/mol. The van der Waals surface area contributed by atoms with Crippen molar-refractivity contribution in [1.29, 1.82) is 0 Å². The Balaban J connectivity index is 1.11. The number of pyridine rings is 1. The van der Waals surface area contributed by atoms with Gasteiger partial charge in [-0.05, 0) is 49.2 Å². The molecule has 2 saturated heterocycles. The van der Waals surface area contributed by atoms with Gasteiger partial charge in [-0.3, -0.25) is 15.5 Å². The number of morpholine rings is 1. The molecular weight excluding hydrogens is 456 g/mol. The van der Waals surface area contributed by atoms with Gasteiger partial charge in [-0.25, -0.2) is 14.5 Å². The lowest BCUT2D eigenvalue weighted by atomic mass is 10.0. The van der Waals surface area contributed by atoms with E-state index < -0.39 is 6.03 Å². The molecule has 0 bridgehead atoms. The van der Waals surface area contributed by atoms with Crippen LogP contribution in [0, 0.1) is 0 Å². The van der Waals surface area contributed by atoms with Crippen LogP contribution in [0.4, 0.5) is 22.1 Å². The zero-order chi connectivity index (χ0) is 23.3. The fraction of sp³-hybridized carbons (Fsp3) is 0.391. The molecule has 2 amide bonds. The highest BCUT2D eigenvalue weighted by Gasteiger charge is 2.26. The Bertz CT molecular complexity index is 1090. The Morgan fingerprint density at radius 1 is 0.941 bits per heavy atom. The summed E-state index contributed by atoms with van der Waals surface area (Å²) in [5, 5.41) is 14.1. The van der Waals surface area contributed by atoms with Gasteiger partial charge in [0.1, 0.15) is 5.82 Å². The largest absolute Gasteiger partial charge is 0.379 e. The van der Waals surface area contributed by atoms with Gasteiger partial charge in [-0.1, -0.05) is 16.8 Å². The van der Waals surface area contributed by atoms with E-state index in [0.29, 0.717) is 22.7 Å². The first-order valence-corrected chi connectivity index (χ1v) is 11.8. The molecule has 0 aliphatic carbocycles. The summed E-state index contributed by atoms with van der Waals surface area (Å²) < 4.78 is 7.03. The van der Waals surface area contributed by atoms with Crippen LogP contribution in [-0.4, -0.2) is 76.3 Å². The van der Waals surface area contributed by atoms with Crippen molar-refractivity contribution in [2.24, 2.45) is 0 Å². The lowest BCUT2D eigenvalue weighted by molar-refractivity contribution is 0.0115. The fourth-order valence-electron chi connectivity index (χ4n) is 4.38. The molecule has 11 heteroatoms. The number of amides is 2. The molecule has 0 unspecified atom stereocenters. The topological polar surface area (TPSA) is 100 Å². The van der Waals surface area contributed by atoms with Crippen LogP contribution in [0.5, 0.6) is 0 Å². The molecule has 0 spiro atoms. The SMILES string of the molecule is O=C(Nc1ccc(N2CCC(N3CCOCC3)CC2)cn1)Nc1cn(-c2ccc(Cl)cc2)nn1. The average molecular weight is 483 g/mol. The number of nitrogens with one attached hydrogen (secondary N) is 2. The molecular formula is C23H27ClN8O2. The number of anilines is 3. The number of hydrogen-bond donors (Lipinski definition) is 2. The van der Waals surface area contributed by atoms with Gasteiger partial charge in [-0.15, -0.1) is 5.10 Å². The molecule has 2 N–H and O–H groups in total. The van der Waals surface area contributed by atoms with E-state index in [1.807, 2.05) is 30.5 Å². The van der Waals surface area contributed by atoms with E-state index in [4.69, 9.17) is 16.3 Å². The molecule has 1 aromatic carbocycles. The molecule has 10 nitrogen and oxygen atoms in total. The zero-order valence-electron chi connectivity index (χ0n) is 18.7. The van der Waals surface area contributed by atoms with E-state index in [-0.39, 0.29) is 0 Å². The number of halogens is 1. The summed E-state index contributed by atoms with van der Waals surface area (Å²) in [6.07, 6.45) is 5.71. The first-order valence-electron chi connectivity index (χ1n) is 11.4. The molecule has 5 rings (SSSR count). The third kappa shape index (κ3) is 5.46. The van der Waals surface area contributed by atoms with Gasteiger partial charge < -0.3 is 9.64 Å². The molecule has 2 aliphatic rings. The summed E-state index contributed by atoms with van der Waals surface area (Å²) in [5.41, 5.74) is 1.86. The quantitative estimate of drug-likeness (QED) is 0.575. The second kappa shape index (κ2) is 10.4. The molecule has 2 aliphatic heterocycles. The number of rotatable bonds is 5. The average Bonchev–Trinajstić information content (AvgIpc) is 3.34. The molecule has 4 heterocycles.